The average molecular weight is 809 g/mol. The van der Waals surface area contributed by atoms with E-state index in [9.17, 15) is 14.4 Å². The van der Waals surface area contributed by atoms with Gasteiger partial charge in [-0.25, -0.2) is 4.79 Å². The molecule has 8 nitrogen and oxygen atoms in total. The van der Waals surface area contributed by atoms with Crippen molar-refractivity contribution in [2.45, 2.75) is 246 Å². The number of hydrogen-bond acceptors (Lipinski definition) is 7. The Bertz CT molecular complexity index is 823. The fraction of sp³-hybridized carbons (Fsp3) is 0.939. The molecule has 0 heterocycles. The quantitative estimate of drug-likeness (QED) is 0.0372. The zero-order valence-corrected chi connectivity index (χ0v) is 38.8. The van der Waals surface area contributed by atoms with E-state index < -0.39 is 0 Å². The summed E-state index contributed by atoms with van der Waals surface area (Å²) in [4.78, 5) is 39.5. The van der Waals surface area contributed by atoms with Gasteiger partial charge >= 0.3 is 18.0 Å². The number of nitrogens with zero attached hydrogens (tertiary/aromatic N) is 1. The molecule has 8 heteroatoms. The minimum Gasteiger partial charge on any atom is -0.466 e. The van der Waals surface area contributed by atoms with Crippen molar-refractivity contribution in [3.05, 3.63) is 0 Å². The monoisotopic (exact) mass is 809 g/mol. The van der Waals surface area contributed by atoms with Gasteiger partial charge in [-0.3, -0.25) is 9.59 Å². The molecule has 0 bridgehead atoms. The van der Waals surface area contributed by atoms with Crippen LogP contribution in [0, 0.1) is 11.8 Å². The topological polar surface area (TPSA) is 94.2 Å². The SMILES string of the molecule is CCCCCC(CCCCC)CCOC(=O)CCCCCCCC(CCCCCCCC(=O)OCCC(CCCCC)CCCCC)OC(=O)NCCCN(C)C. The predicted octanol–water partition coefficient (Wildman–Crippen LogP) is 13.9. The van der Waals surface area contributed by atoms with Crippen molar-refractivity contribution >= 4 is 18.0 Å². The number of rotatable bonds is 43. The number of carbonyl (C=O) groups is 3. The summed E-state index contributed by atoms with van der Waals surface area (Å²) < 4.78 is 17.2. The maximum absolute atomic E-state index is 12.6. The van der Waals surface area contributed by atoms with E-state index in [1.807, 2.05) is 14.1 Å². The van der Waals surface area contributed by atoms with Crippen LogP contribution in [0.4, 0.5) is 4.79 Å². The molecule has 0 aliphatic heterocycles. The van der Waals surface area contributed by atoms with E-state index in [0.717, 1.165) is 103 Å². The zero-order valence-electron chi connectivity index (χ0n) is 38.8. The number of esters is 2. The highest BCUT2D eigenvalue weighted by Gasteiger charge is 2.15. The molecule has 338 valence electrons. The smallest absolute Gasteiger partial charge is 0.407 e. The number of ether oxygens (including phenoxy) is 3. The Morgan fingerprint density at radius 3 is 1.21 bits per heavy atom. The highest BCUT2D eigenvalue weighted by Crippen LogP contribution is 2.23. The molecule has 0 unspecified atom stereocenters. The van der Waals surface area contributed by atoms with Crippen molar-refractivity contribution < 1.29 is 28.6 Å². The van der Waals surface area contributed by atoms with Crippen LogP contribution in [0.25, 0.3) is 0 Å². The number of alkyl carbamates (subject to hydrolysis) is 1. The van der Waals surface area contributed by atoms with E-state index in [1.54, 1.807) is 0 Å². The van der Waals surface area contributed by atoms with Gasteiger partial charge in [0.05, 0.1) is 13.2 Å². The van der Waals surface area contributed by atoms with Crippen LogP contribution in [0.5, 0.6) is 0 Å². The molecular weight excluding hydrogens is 713 g/mol. The third kappa shape index (κ3) is 39.4. The van der Waals surface area contributed by atoms with Crippen LogP contribution in [0.15, 0.2) is 0 Å². The summed E-state index contributed by atoms with van der Waals surface area (Å²) >= 11 is 0. The summed E-state index contributed by atoms with van der Waals surface area (Å²) in [6, 6.07) is 0. The number of unbranched alkanes of at least 4 members (excludes halogenated alkanes) is 16. The third-order valence-corrected chi connectivity index (χ3v) is 11.6. The molecule has 1 N–H and O–H groups in total. The van der Waals surface area contributed by atoms with Gasteiger partial charge in [-0.05, 0) is 90.3 Å². The van der Waals surface area contributed by atoms with Crippen LogP contribution in [0.2, 0.25) is 0 Å². The van der Waals surface area contributed by atoms with Gasteiger partial charge in [-0.2, -0.15) is 0 Å². The van der Waals surface area contributed by atoms with Crippen molar-refractivity contribution in [1.29, 1.82) is 0 Å². The molecule has 0 aliphatic carbocycles. The van der Waals surface area contributed by atoms with E-state index in [2.05, 4.69) is 37.9 Å². The van der Waals surface area contributed by atoms with Crippen molar-refractivity contribution in [3.8, 4) is 0 Å². The maximum Gasteiger partial charge on any atom is 0.407 e. The second-order valence-electron chi connectivity index (χ2n) is 17.5. The Morgan fingerprint density at radius 2 is 0.825 bits per heavy atom. The molecular formula is C49H96N2O6. The molecule has 0 saturated heterocycles. The van der Waals surface area contributed by atoms with Crippen LogP contribution >= 0.6 is 0 Å². The lowest BCUT2D eigenvalue weighted by molar-refractivity contribution is -0.145. The molecule has 0 rings (SSSR count). The van der Waals surface area contributed by atoms with Crippen molar-refractivity contribution in [3.63, 3.8) is 0 Å². The summed E-state index contributed by atoms with van der Waals surface area (Å²) in [6.07, 6.45) is 35.8. The van der Waals surface area contributed by atoms with Crippen molar-refractivity contribution in [1.82, 2.24) is 10.2 Å². The Labute approximate surface area is 353 Å². The zero-order chi connectivity index (χ0) is 42.0. The van der Waals surface area contributed by atoms with Gasteiger partial charge in [0, 0.05) is 19.4 Å². The van der Waals surface area contributed by atoms with Gasteiger partial charge in [-0.15, -0.1) is 0 Å². The number of nitrogens with one attached hydrogen (secondary N) is 1. The Kier molecular flexibility index (Phi) is 40.9. The lowest BCUT2D eigenvalue weighted by atomic mass is 9.92. The molecule has 0 spiro atoms. The first-order valence-electron chi connectivity index (χ1n) is 24.7. The normalized spacial score (nSPS) is 11.6. The van der Waals surface area contributed by atoms with E-state index in [1.165, 1.54) is 103 Å². The van der Waals surface area contributed by atoms with Gasteiger partial charge in [0.15, 0.2) is 0 Å². The summed E-state index contributed by atoms with van der Waals surface area (Å²) in [5.41, 5.74) is 0. The Morgan fingerprint density at radius 1 is 0.456 bits per heavy atom. The molecule has 0 aromatic carbocycles. The first-order valence-corrected chi connectivity index (χ1v) is 24.7. The summed E-state index contributed by atoms with van der Waals surface area (Å²) in [5.74, 6) is 1.28. The average Bonchev–Trinajstić information content (AvgIpc) is 3.18. The first kappa shape index (κ1) is 55.2. The van der Waals surface area contributed by atoms with Crippen molar-refractivity contribution in [2.75, 3.05) is 40.4 Å². The molecule has 57 heavy (non-hydrogen) atoms. The minimum absolute atomic E-state index is 0.0458. The summed E-state index contributed by atoms with van der Waals surface area (Å²) in [6.45, 7) is 11.7. The fourth-order valence-corrected chi connectivity index (χ4v) is 7.81. The van der Waals surface area contributed by atoms with Crippen LogP contribution in [-0.4, -0.2) is 69.4 Å². The van der Waals surface area contributed by atoms with Gasteiger partial charge in [-0.1, -0.05) is 169 Å². The van der Waals surface area contributed by atoms with Gasteiger partial charge < -0.3 is 24.4 Å². The van der Waals surface area contributed by atoms with Gasteiger partial charge in [0.1, 0.15) is 6.10 Å². The molecule has 1 amide bonds. The second-order valence-corrected chi connectivity index (χ2v) is 17.5. The first-order chi connectivity index (χ1) is 27.7. The molecule has 0 atom stereocenters. The van der Waals surface area contributed by atoms with E-state index in [4.69, 9.17) is 14.2 Å². The third-order valence-electron chi connectivity index (χ3n) is 11.6. The highest BCUT2D eigenvalue weighted by atomic mass is 16.6. The van der Waals surface area contributed by atoms with E-state index >= 15 is 0 Å². The van der Waals surface area contributed by atoms with Crippen molar-refractivity contribution in [2.24, 2.45) is 11.8 Å². The maximum atomic E-state index is 12.6. The lowest BCUT2D eigenvalue weighted by Gasteiger charge is -2.19. The Balaban J connectivity index is 4.39. The molecule has 0 aliphatic rings. The van der Waals surface area contributed by atoms with E-state index in [-0.39, 0.29) is 24.1 Å². The van der Waals surface area contributed by atoms with Crippen LogP contribution < -0.4 is 5.32 Å². The van der Waals surface area contributed by atoms with Gasteiger partial charge in [0.25, 0.3) is 0 Å². The van der Waals surface area contributed by atoms with Crippen LogP contribution in [0.3, 0.4) is 0 Å². The lowest BCUT2D eigenvalue weighted by Crippen LogP contribution is -2.31. The van der Waals surface area contributed by atoms with Gasteiger partial charge in [0.2, 0.25) is 0 Å². The predicted molar refractivity (Wildman–Crippen MR) is 241 cm³/mol. The summed E-state index contributed by atoms with van der Waals surface area (Å²) in [7, 11) is 4.07. The minimum atomic E-state index is -0.308. The second kappa shape index (κ2) is 42.3. The number of hydrogen-bond donors (Lipinski definition) is 1. The van der Waals surface area contributed by atoms with Crippen LogP contribution in [-0.2, 0) is 23.8 Å². The summed E-state index contributed by atoms with van der Waals surface area (Å²) in [5, 5.41) is 2.94. The number of amides is 1. The molecule has 0 saturated carbocycles. The van der Waals surface area contributed by atoms with Crippen LogP contribution in [0.1, 0.15) is 240 Å². The Hall–Kier alpha value is -1.83. The largest absolute Gasteiger partial charge is 0.466 e. The standard InChI is InChI=1S/C49H96N2O6/c1-7-11-21-30-44(31-22-12-8-2)38-42-55-47(52)36-27-19-15-17-25-34-46(57-49(54)50-40-29-41-51(5)6)35-26-18-16-20-28-37-48(53)56-43-39-45(32-23-13-9-3)33-24-14-10-4/h44-46H,7-43H2,1-6H3,(H,50,54). The molecule has 0 fully saturated rings. The molecule has 0 aromatic heterocycles. The van der Waals surface area contributed by atoms with E-state index in [0.29, 0.717) is 44.4 Å². The highest BCUT2D eigenvalue weighted by molar-refractivity contribution is 5.69. The molecule has 0 radical (unpaired) electrons. The molecule has 0 aromatic rings. The fourth-order valence-electron chi connectivity index (χ4n) is 7.81. The number of carbonyl (C=O) groups excluding carboxylic acids is 3.